The van der Waals surface area contributed by atoms with Crippen LogP contribution in [0.2, 0.25) is 0 Å². The van der Waals surface area contributed by atoms with E-state index in [0.29, 0.717) is 9.71 Å². The van der Waals surface area contributed by atoms with E-state index in [4.69, 9.17) is 4.74 Å². The number of hydrogen-bond acceptors (Lipinski definition) is 7. The van der Waals surface area contributed by atoms with Crippen molar-refractivity contribution in [3.63, 3.8) is 0 Å². The van der Waals surface area contributed by atoms with Crippen LogP contribution in [0.3, 0.4) is 0 Å². The number of fused-ring (bicyclic) bond motifs is 2. The van der Waals surface area contributed by atoms with Gasteiger partial charge in [-0.2, -0.15) is 4.39 Å². The van der Waals surface area contributed by atoms with E-state index in [1.54, 1.807) is 13.8 Å². The maximum absolute atomic E-state index is 15.4. The first-order valence-electron chi connectivity index (χ1n) is 11.8. The molecule has 5 amide bonds. The summed E-state index contributed by atoms with van der Waals surface area (Å²) in [5.74, 6) is -5.06. The number of anilines is 1. The molecular formula is C25H22F3N5O5S. The van der Waals surface area contributed by atoms with Gasteiger partial charge in [0.05, 0.1) is 29.6 Å². The molecule has 0 aliphatic carbocycles. The molecule has 0 saturated carbocycles. The number of thiazole rings is 1. The van der Waals surface area contributed by atoms with E-state index >= 15 is 4.39 Å². The van der Waals surface area contributed by atoms with Gasteiger partial charge in [-0.15, -0.1) is 11.3 Å². The Kier molecular flexibility index (Phi) is 6.45. The van der Waals surface area contributed by atoms with Crippen LogP contribution in [0.15, 0.2) is 18.2 Å². The van der Waals surface area contributed by atoms with Crippen molar-refractivity contribution in [3.8, 4) is 5.75 Å². The number of carbonyl (C=O) groups excluding carboxylic acids is 4. The Balaban J connectivity index is 1.33. The van der Waals surface area contributed by atoms with Crippen LogP contribution >= 0.6 is 11.3 Å². The number of nitrogens with one attached hydrogen (secondary N) is 3. The highest BCUT2D eigenvalue weighted by Gasteiger charge is 2.40. The van der Waals surface area contributed by atoms with Crippen LogP contribution in [-0.2, 0) is 21.7 Å². The van der Waals surface area contributed by atoms with Gasteiger partial charge in [0.2, 0.25) is 17.6 Å². The zero-order valence-corrected chi connectivity index (χ0v) is 21.7. The lowest BCUT2D eigenvalue weighted by atomic mass is 10.0. The summed E-state index contributed by atoms with van der Waals surface area (Å²) in [5, 5.41) is 7.58. The Labute approximate surface area is 223 Å². The van der Waals surface area contributed by atoms with Gasteiger partial charge in [0.25, 0.3) is 5.91 Å². The van der Waals surface area contributed by atoms with E-state index in [9.17, 15) is 28.0 Å². The van der Waals surface area contributed by atoms with Gasteiger partial charge in [0.1, 0.15) is 16.6 Å². The summed E-state index contributed by atoms with van der Waals surface area (Å²) in [7, 11) is 1.19. The van der Waals surface area contributed by atoms with Crippen molar-refractivity contribution in [3.05, 3.63) is 51.8 Å². The van der Waals surface area contributed by atoms with Crippen LogP contribution in [0.1, 0.15) is 47.6 Å². The van der Waals surface area contributed by atoms with Crippen LogP contribution in [0.5, 0.6) is 5.75 Å². The molecule has 1 aromatic heterocycles. The first-order chi connectivity index (χ1) is 18.4. The SMILES string of the molecule is COc1c(F)c(F)cc2sc(C(C)(C)NC(=O)Nc3ccc4c(c3F)CN(C3CCC(=O)NC3=O)C4=O)nc12. The van der Waals surface area contributed by atoms with Crippen molar-refractivity contribution >= 4 is 51.0 Å². The van der Waals surface area contributed by atoms with Crippen LogP contribution in [-0.4, -0.2) is 46.8 Å². The first kappa shape index (κ1) is 26.4. The van der Waals surface area contributed by atoms with Gasteiger partial charge in [0.15, 0.2) is 17.4 Å². The molecule has 39 heavy (non-hydrogen) atoms. The molecule has 0 radical (unpaired) electrons. The molecule has 1 saturated heterocycles. The number of imide groups is 1. The van der Waals surface area contributed by atoms with Crippen molar-refractivity contribution in [2.75, 3.05) is 12.4 Å². The maximum Gasteiger partial charge on any atom is 0.320 e. The van der Waals surface area contributed by atoms with E-state index in [-0.39, 0.29) is 47.5 Å². The van der Waals surface area contributed by atoms with E-state index in [2.05, 4.69) is 20.9 Å². The molecule has 5 rings (SSSR count). The number of rotatable bonds is 5. The molecule has 2 aromatic carbocycles. The summed E-state index contributed by atoms with van der Waals surface area (Å²) in [5.41, 5.74) is -1.16. The van der Waals surface area contributed by atoms with Gasteiger partial charge >= 0.3 is 6.03 Å². The predicted molar refractivity (Wildman–Crippen MR) is 134 cm³/mol. The number of ether oxygens (including phenoxy) is 1. The van der Waals surface area contributed by atoms with Crippen LogP contribution in [0, 0.1) is 17.5 Å². The second-order valence-corrected chi connectivity index (χ2v) is 10.7. The summed E-state index contributed by atoms with van der Waals surface area (Å²) in [4.78, 5) is 54.9. The average molecular weight is 562 g/mol. The third-order valence-electron chi connectivity index (χ3n) is 6.60. The number of methoxy groups -OCH3 is 1. The smallest absolute Gasteiger partial charge is 0.320 e. The Morgan fingerprint density at radius 2 is 1.95 bits per heavy atom. The van der Waals surface area contributed by atoms with E-state index in [1.807, 2.05) is 0 Å². The fourth-order valence-corrected chi connectivity index (χ4v) is 5.68. The standard InChI is InChI=1S/C25H22F3N5O5S/c1-25(2,23-31-19-15(39-23)8-12(26)18(28)20(19)38-3)32-24(37)29-13-5-4-10-11(17(13)27)9-33(22(10)36)14-6-7-16(34)30-21(14)35/h4-5,8,14H,6-7,9H2,1-3H3,(H2,29,32,37)(H,30,34,35). The van der Waals surface area contributed by atoms with E-state index in [0.717, 1.165) is 17.4 Å². The maximum atomic E-state index is 15.4. The lowest BCUT2D eigenvalue weighted by Crippen LogP contribution is -2.52. The van der Waals surface area contributed by atoms with Gasteiger partial charge in [0, 0.05) is 17.5 Å². The normalized spacial score (nSPS) is 17.3. The zero-order valence-electron chi connectivity index (χ0n) is 20.9. The Morgan fingerprint density at radius 3 is 2.64 bits per heavy atom. The van der Waals surface area contributed by atoms with Crippen molar-refractivity contribution < 1.29 is 37.1 Å². The lowest BCUT2D eigenvalue weighted by Gasteiger charge is -2.29. The number of hydrogen-bond donors (Lipinski definition) is 3. The van der Waals surface area contributed by atoms with E-state index in [1.165, 1.54) is 24.1 Å². The molecular weight excluding hydrogens is 539 g/mol. The number of carbonyl (C=O) groups is 4. The Morgan fingerprint density at radius 1 is 1.21 bits per heavy atom. The second-order valence-electron chi connectivity index (χ2n) is 9.63. The highest BCUT2D eigenvalue weighted by molar-refractivity contribution is 7.18. The van der Waals surface area contributed by atoms with Gasteiger partial charge < -0.3 is 20.3 Å². The third-order valence-corrected chi connectivity index (χ3v) is 7.92. The molecule has 10 nitrogen and oxygen atoms in total. The van der Waals surface area contributed by atoms with Crippen molar-refractivity contribution in [1.29, 1.82) is 0 Å². The van der Waals surface area contributed by atoms with Gasteiger partial charge in [-0.3, -0.25) is 19.7 Å². The number of benzene rings is 2. The Hall–Kier alpha value is -4.20. The molecule has 0 bridgehead atoms. The van der Waals surface area contributed by atoms with Crippen molar-refractivity contribution in [2.24, 2.45) is 0 Å². The first-order valence-corrected chi connectivity index (χ1v) is 12.6. The molecule has 2 aliphatic heterocycles. The minimum absolute atomic E-state index is 0.0177. The number of piperidine rings is 1. The molecule has 3 N–H and O–H groups in total. The summed E-state index contributed by atoms with van der Waals surface area (Å²) >= 11 is 1.03. The summed E-state index contributed by atoms with van der Waals surface area (Å²) in [6, 6.07) is 1.88. The van der Waals surface area contributed by atoms with Crippen LogP contribution < -0.4 is 20.7 Å². The fourth-order valence-electron chi connectivity index (χ4n) is 4.63. The largest absolute Gasteiger partial charge is 0.491 e. The molecule has 14 heteroatoms. The average Bonchev–Trinajstić information content (AvgIpc) is 3.43. The zero-order chi connectivity index (χ0) is 28.2. The highest BCUT2D eigenvalue weighted by Crippen LogP contribution is 2.37. The summed E-state index contributed by atoms with van der Waals surface area (Å²) < 4.78 is 48.7. The van der Waals surface area contributed by atoms with E-state index < -0.39 is 52.8 Å². The van der Waals surface area contributed by atoms with Crippen LogP contribution in [0.25, 0.3) is 10.2 Å². The predicted octanol–water partition coefficient (Wildman–Crippen LogP) is 3.54. The van der Waals surface area contributed by atoms with Crippen molar-refractivity contribution in [2.45, 2.75) is 44.8 Å². The summed E-state index contributed by atoms with van der Waals surface area (Å²) in [6.45, 7) is 3.02. The second kappa shape index (κ2) is 9.52. The van der Waals surface area contributed by atoms with Gasteiger partial charge in [-0.1, -0.05) is 0 Å². The molecule has 0 spiro atoms. The summed E-state index contributed by atoms with van der Waals surface area (Å²) in [6.07, 6.45) is 0.193. The fraction of sp³-hybridized carbons (Fsp3) is 0.320. The number of amides is 5. The topological polar surface area (TPSA) is 130 Å². The molecule has 204 valence electrons. The molecule has 1 unspecified atom stereocenters. The van der Waals surface area contributed by atoms with Crippen molar-refractivity contribution in [1.82, 2.24) is 20.5 Å². The molecule has 1 atom stereocenters. The minimum Gasteiger partial charge on any atom is -0.491 e. The van der Waals surface area contributed by atoms with Gasteiger partial charge in [-0.25, -0.2) is 18.6 Å². The number of urea groups is 1. The molecule has 3 heterocycles. The molecule has 1 fully saturated rings. The van der Waals surface area contributed by atoms with Crippen LogP contribution in [0.4, 0.5) is 23.7 Å². The highest BCUT2D eigenvalue weighted by atomic mass is 32.1. The molecule has 3 aromatic rings. The minimum atomic E-state index is -1.17. The Bertz CT molecular complexity index is 1570. The number of nitrogens with zero attached hydrogens (tertiary/aromatic N) is 2. The third kappa shape index (κ3) is 4.54. The molecule has 2 aliphatic rings. The number of halogens is 3. The lowest BCUT2D eigenvalue weighted by molar-refractivity contribution is -0.136. The quantitative estimate of drug-likeness (QED) is 0.409. The monoisotopic (exact) mass is 561 g/mol. The van der Waals surface area contributed by atoms with Gasteiger partial charge in [-0.05, 0) is 38.5 Å². The number of aromatic nitrogens is 1.